The van der Waals surface area contributed by atoms with Gasteiger partial charge in [0.15, 0.2) is 6.10 Å². The molecule has 2 atom stereocenters. The van der Waals surface area contributed by atoms with Crippen molar-refractivity contribution in [2.45, 2.75) is 18.6 Å². The quantitative estimate of drug-likeness (QED) is 0.439. The number of rotatable bonds is 8. The molecule has 8 heteroatoms. The molecule has 0 saturated carbocycles. The van der Waals surface area contributed by atoms with E-state index >= 15 is 0 Å². The molecule has 0 aliphatic rings. The third kappa shape index (κ3) is 5.31. The number of carboxylic acid groups (broad SMARTS) is 2. The summed E-state index contributed by atoms with van der Waals surface area (Å²) in [6.07, 6.45) is 1.02. The Balaban J connectivity index is 1.87. The Bertz CT molecular complexity index is 1100. The zero-order valence-electron chi connectivity index (χ0n) is 16.3. The minimum Gasteiger partial charge on any atom is -0.479 e. The molecule has 1 amide bonds. The van der Waals surface area contributed by atoms with Crippen LogP contribution >= 0.6 is 0 Å². The number of pyridine rings is 1. The van der Waals surface area contributed by atoms with Gasteiger partial charge < -0.3 is 20.6 Å². The van der Waals surface area contributed by atoms with Crippen molar-refractivity contribution in [3.05, 3.63) is 89.7 Å². The van der Waals surface area contributed by atoms with Gasteiger partial charge in [0.25, 0.3) is 5.91 Å². The number of carbonyl (C=O) groups excluding carboxylic acids is 1. The van der Waals surface area contributed by atoms with Crippen molar-refractivity contribution in [3.63, 3.8) is 0 Å². The SMILES string of the molecule is O=C(NC(Cc1ccccc1)C(O)C(=O)O)c1cncc(-c2ccccc2C(=O)O)c1. The number of aliphatic carboxylic acids is 1. The molecule has 2 aromatic carbocycles. The fourth-order valence-electron chi connectivity index (χ4n) is 3.17. The zero-order valence-corrected chi connectivity index (χ0v) is 16.3. The number of aromatic carboxylic acids is 1. The van der Waals surface area contributed by atoms with Gasteiger partial charge in [0, 0.05) is 18.0 Å². The van der Waals surface area contributed by atoms with Crippen molar-refractivity contribution in [3.8, 4) is 11.1 Å². The van der Waals surface area contributed by atoms with Crippen molar-refractivity contribution in [2.75, 3.05) is 0 Å². The van der Waals surface area contributed by atoms with Crippen molar-refractivity contribution in [1.82, 2.24) is 10.3 Å². The van der Waals surface area contributed by atoms with Gasteiger partial charge in [-0.05, 0) is 29.7 Å². The molecule has 0 saturated heterocycles. The molecule has 8 nitrogen and oxygen atoms in total. The number of carbonyl (C=O) groups is 3. The molecule has 2 unspecified atom stereocenters. The third-order valence-electron chi connectivity index (χ3n) is 4.72. The van der Waals surface area contributed by atoms with Gasteiger partial charge >= 0.3 is 11.9 Å². The zero-order chi connectivity index (χ0) is 22.4. The number of hydrogen-bond acceptors (Lipinski definition) is 5. The van der Waals surface area contributed by atoms with Crippen molar-refractivity contribution < 1.29 is 29.7 Å². The van der Waals surface area contributed by atoms with Crippen LogP contribution in [-0.4, -0.2) is 50.3 Å². The Morgan fingerprint density at radius 2 is 1.61 bits per heavy atom. The van der Waals surface area contributed by atoms with Gasteiger partial charge in [-0.2, -0.15) is 0 Å². The summed E-state index contributed by atoms with van der Waals surface area (Å²) in [6, 6.07) is 15.6. The molecule has 3 rings (SSSR count). The minimum absolute atomic E-state index is 0.0603. The van der Waals surface area contributed by atoms with Gasteiger partial charge in [-0.3, -0.25) is 9.78 Å². The second kappa shape index (κ2) is 9.64. The van der Waals surface area contributed by atoms with E-state index in [-0.39, 0.29) is 17.5 Å². The standard InChI is InChI=1S/C23H20N2O6/c26-20(23(30)31)19(10-14-6-2-1-3-7-14)25-21(27)16-11-15(12-24-13-16)17-8-4-5-9-18(17)22(28)29/h1-9,11-13,19-20,26H,10H2,(H,25,27)(H,28,29)(H,30,31). The Morgan fingerprint density at radius 3 is 2.29 bits per heavy atom. The molecule has 158 valence electrons. The lowest BCUT2D eigenvalue weighted by molar-refractivity contribution is -0.148. The van der Waals surface area contributed by atoms with E-state index < -0.39 is 30.0 Å². The number of benzene rings is 2. The topological polar surface area (TPSA) is 137 Å². The molecule has 0 bridgehead atoms. The van der Waals surface area contributed by atoms with E-state index in [0.29, 0.717) is 11.1 Å². The first-order valence-electron chi connectivity index (χ1n) is 9.40. The Hall–Kier alpha value is -4.04. The fraction of sp³-hybridized carbons (Fsp3) is 0.130. The van der Waals surface area contributed by atoms with E-state index in [1.54, 1.807) is 48.5 Å². The summed E-state index contributed by atoms with van der Waals surface area (Å²) in [5, 5.41) is 31.2. The van der Waals surface area contributed by atoms with Gasteiger partial charge in [-0.25, -0.2) is 9.59 Å². The van der Waals surface area contributed by atoms with E-state index in [1.165, 1.54) is 24.5 Å². The lowest BCUT2D eigenvalue weighted by atomic mass is 9.99. The van der Waals surface area contributed by atoms with Crippen LogP contribution in [0, 0.1) is 0 Å². The average Bonchev–Trinajstić information content (AvgIpc) is 2.78. The molecule has 1 heterocycles. The smallest absolute Gasteiger partial charge is 0.336 e. The Kier molecular flexibility index (Phi) is 6.74. The van der Waals surface area contributed by atoms with Crippen molar-refractivity contribution in [2.24, 2.45) is 0 Å². The largest absolute Gasteiger partial charge is 0.479 e. The first-order valence-corrected chi connectivity index (χ1v) is 9.40. The lowest BCUT2D eigenvalue weighted by Gasteiger charge is -2.22. The van der Waals surface area contributed by atoms with Gasteiger partial charge in [-0.15, -0.1) is 0 Å². The first kappa shape index (κ1) is 21.7. The summed E-state index contributed by atoms with van der Waals surface area (Å²) in [4.78, 5) is 39.6. The number of aliphatic hydroxyl groups excluding tert-OH is 1. The predicted octanol–water partition coefficient (Wildman–Crippen LogP) is 2.23. The van der Waals surface area contributed by atoms with Crippen molar-refractivity contribution >= 4 is 17.8 Å². The van der Waals surface area contributed by atoms with Gasteiger partial charge in [0.2, 0.25) is 0 Å². The molecule has 0 aliphatic heterocycles. The van der Waals surface area contributed by atoms with E-state index in [9.17, 15) is 29.7 Å². The molecular formula is C23H20N2O6. The lowest BCUT2D eigenvalue weighted by Crippen LogP contribution is -2.48. The van der Waals surface area contributed by atoms with Crippen LogP contribution in [-0.2, 0) is 11.2 Å². The van der Waals surface area contributed by atoms with Gasteiger partial charge in [-0.1, -0.05) is 48.5 Å². The van der Waals surface area contributed by atoms with Crippen molar-refractivity contribution in [1.29, 1.82) is 0 Å². The van der Waals surface area contributed by atoms with Crippen LogP contribution in [0.15, 0.2) is 73.1 Å². The molecule has 31 heavy (non-hydrogen) atoms. The number of aliphatic hydroxyl groups is 1. The summed E-state index contributed by atoms with van der Waals surface area (Å²) >= 11 is 0. The van der Waals surface area contributed by atoms with E-state index in [2.05, 4.69) is 10.3 Å². The van der Waals surface area contributed by atoms with Crippen LogP contribution in [0.5, 0.6) is 0 Å². The summed E-state index contributed by atoms with van der Waals surface area (Å²) < 4.78 is 0. The fourth-order valence-corrected chi connectivity index (χ4v) is 3.17. The molecular weight excluding hydrogens is 400 g/mol. The molecule has 0 fully saturated rings. The maximum Gasteiger partial charge on any atom is 0.336 e. The molecule has 4 N–H and O–H groups in total. The summed E-state index contributed by atoms with van der Waals surface area (Å²) in [6.45, 7) is 0. The van der Waals surface area contributed by atoms with Crippen LogP contribution in [0.4, 0.5) is 0 Å². The highest BCUT2D eigenvalue weighted by Gasteiger charge is 2.28. The number of nitrogens with one attached hydrogen (secondary N) is 1. The Morgan fingerprint density at radius 1 is 0.935 bits per heavy atom. The van der Waals surface area contributed by atoms with Crippen LogP contribution in [0.3, 0.4) is 0 Å². The predicted molar refractivity (Wildman–Crippen MR) is 112 cm³/mol. The number of nitrogens with zero attached hydrogens (tertiary/aromatic N) is 1. The second-order valence-corrected chi connectivity index (χ2v) is 6.87. The molecule has 0 radical (unpaired) electrons. The minimum atomic E-state index is -1.81. The molecule has 3 aromatic rings. The number of amides is 1. The van der Waals surface area contributed by atoms with E-state index in [1.807, 2.05) is 0 Å². The van der Waals surface area contributed by atoms with E-state index in [4.69, 9.17) is 0 Å². The Labute approximate surface area is 177 Å². The van der Waals surface area contributed by atoms with Gasteiger partial charge in [0.05, 0.1) is 17.2 Å². The first-order chi connectivity index (χ1) is 14.9. The molecule has 0 spiro atoms. The maximum atomic E-state index is 12.8. The molecule has 0 aliphatic carbocycles. The molecule has 1 aromatic heterocycles. The van der Waals surface area contributed by atoms with Crippen LogP contribution in [0.25, 0.3) is 11.1 Å². The monoisotopic (exact) mass is 420 g/mol. The highest BCUT2D eigenvalue weighted by molar-refractivity contribution is 5.98. The van der Waals surface area contributed by atoms with Gasteiger partial charge in [0.1, 0.15) is 0 Å². The highest BCUT2D eigenvalue weighted by Crippen LogP contribution is 2.24. The third-order valence-corrected chi connectivity index (χ3v) is 4.72. The van der Waals surface area contributed by atoms with Crippen LogP contribution in [0.1, 0.15) is 26.3 Å². The summed E-state index contributed by atoms with van der Waals surface area (Å²) in [5.41, 5.74) is 1.72. The summed E-state index contributed by atoms with van der Waals surface area (Å²) in [5.74, 6) is -3.20. The second-order valence-electron chi connectivity index (χ2n) is 6.87. The highest BCUT2D eigenvalue weighted by atomic mass is 16.4. The number of carboxylic acids is 2. The number of hydrogen-bond donors (Lipinski definition) is 4. The normalized spacial score (nSPS) is 12.5. The average molecular weight is 420 g/mol. The van der Waals surface area contributed by atoms with Crippen LogP contribution in [0.2, 0.25) is 0 Å². The number of aromatic nitrogens is 1. The van der Waals surface area contributed by atoms with E-state index in [0.717, 1.165) is 5.56 Å². The summed E-state index contributed by atoms with van der Waals surface area (Å²) in [7, 11) is 0. The van der Waals surface area contributed by atoms with Crippen LogP contribution < -0.4 is 5.32 Å². The maximum absolute atomic E-state index is 12.8.